The van der Waals surface area contributed by atoms with Gasteiger partial charge in [-0.3, -0.25) is 9.79 Å². The summed E-state index contributed by atoms with van der Waals surface area (Å²) in [4.78, 5) is 19.0. The van der Waals surface area contributed by atoms with Crippen LogP contribution in [0.15, 0.2) is 34.2 Å². The summed E-state index contributed by atoms with van der Waals surface area (Å²) in [6, 6.07) is 0. The Morgan fingerprint density at radius 3 is 2.50 bits per heavy atom. The molecular formula is C9H14N4O. The van der Waals surface area contributed by atoms with Gasteiger partial charge in [0.1, 0.15) is 0 Å². The van der Waals surface area contributed by atoms with Gasteiger partial charge in [0.05, 0.1) is 6.34 Å². The Morgan fingerprint density at radius 2 is 2.14 bits per heavy atom. The minimum absolute atomic E-state index is 0.187. The highest BCUT2D eigenvalue weighted by Gasteiger charge is 2.09. The quantitative estimate of drug-likeness (QED) is 0.373. The normalized spacial score (nSPS) is 13.0. The first-order chi connectivity index (χ1) is 6.71. The molecule has 5 heteroatoms. The van der Waals surface area contributed by atoms with Crippen molar-refractivity contribution >= 4 is 18.3 Å². The van der Waals surface area contributed by atoms with Crippen molar-refractivity contribution < 1.29 is 4.79 Å². The molecule has 3 N–H and O–H groups in total. The Kier molecular flexibility index (Phi) is 5.69. The Bertz CT molecular complexity index is 302. The third-order valence-corrected chi connectivity index (χ3v) is 1.34. The zero-order valence-electron chi connectivity index (χ0n) is 8.32. The van der Waals surface area contributed by atoms with Crippen molar-refractivity contribution in [3.63, 3.8) is 0 Å². The number of carbonyl (C=O) groups excluding carboxylic acids is 1. The number of aliphatic imine (C=N–C) groups is 2. The van der Waals surface area contributed by atoms with Crippen LogP contribution in [0.4, 0.5) is 0 Å². The number of hydrogen-bond acceptors (Lipinski definition) is 4. The van der Waals surface area contributed by atoms with E-state index in [0.717, 1.165) is 6.34 Å². The first-order valence-corrected chi connectivity index (χ1v) is 4.03. The molecule has 0 atom stereocenters. The Balaban J connectivity index is 5.29. The van der Waals surface area contributed by atoms with Gasteiger partial charge in [-0.2, -0.15) is 0 Å². The highest BCUT2D eigenvalue weighted by molar-refractivity contribution is 6.04. The highest BCUT2D eigenvalue weighted by Crippen LogP contribution is 2.06. The molecule has 0 aromatic heterocycles. The van der Waals surface area contributed by atoms with E-state index in [1.165, 1.54) is 12.3 Å². The van der Waals surface area contributed by atoms with E-state index in [4.69, 9.17) is 5.73 Å². The smallest absolute Gasteiger partial charge is 0.207 e. The Morgan fingerprint density at radius 1 is 1.50 bits per heavy atom. The van der Waals surface area contributed by atoms with Crippen LogP contribution >= 0.6 is 0 Å². The molecule has 76 valence electrons. The lowest BCUT2D eigenvalue weighted by atomic mass is 10.3. The van der Waals surface area contributed by atoms with Crippen molar-refractivity contribution in [1.82, 2.24) is 5.32 Å². The molecule has 0 saturated heterocycles. The fraction of sp³-hybridized carbons (Fsp3) is 0.222. The van der Waals surface area contributed by atoms with Crippen molar-refractivity contribution in [3.05, 3.63) is 24.2 Å². The Labute approximate surface area is 83.1 Å². The molecule has 0 aliphatic heterocycles. The summed E-state index contributed by atoms with van der Waals surface area (Å²) in [6.07, 6.45) is 3.76. The predicted octanol–water partition coefficient (Wildman–Crippen LogP) is 0.208. The molecule has 0 aromatic rings. The molecule has 14 heavy (non-hydrogen) atoms. The second-order valence-electron chi connectivity index (χ2n) is 2.18. The van der Waals surface area contributed by atoms with Crippen LogP contribution in [0.2, 0.25) is 0 Å². The molecule has 0 saturated carbocycles. The summed E-state index contributed by atoms with van der Waals surface area (Å²) in [5, 5.41) is 2.72. The topological polar surface area (TPSA) is 79.8 Å². The van der Waals surface area contributed by atoms with Gasteiger partial charge < -0.3 is 11.1 Å². The number of ketones is 1. The number of allylic oxidation sites excluding steroid dienone is 1. The number of hydrogen-bond donors (Lipinski definition) is 2. The van der Waals surface area contributed by atoms with Crippen LogP contribution in [0.1, 0.15) is 6.92 Å². The van der Waals surface area contributed by atoms with Gasteiger partial charge in [0.2, 0.25) is 5.78 Å². The minimum atomic E-state index is -0.307. The molecule has 0 rings (SSSR count). The first kappa shape index (κ1) is 12.1. The zero-order valence-corrected chi connectivity index (χ0v) is 8.32. The van der Waals surface area contributed by atoms with Crippen LogP contribution in [0.3, 0.4) is 0 Å². The lowest BCUT2D eigenvalue weighted by Gasteiger charge is -2.03. The second kappa shape index (κ2) is 6.59. The lowest BCUT2D eigenvalue weighted by molar-refractivity contribution is -0.111. The van der Waals surface area contributed by atoms with Crippen LogP contribution in [0.5, 0.6) is 0 Å². The summed E-state index contributed by atoms with van der Waals surface area (Å²) in [6.45, 7) is 5.08. The standard InChI is InChI=1S/C9H14N4O/c1-4-7(14)8(12-5-2)9(11-3)13-6-10/h4-6,11H,1H2,2-3H3,(H2,10,13)/b9-8+,12-5?. The molecule has 5 nitrogen and oxygen atoms in total. The van der Waals surface area contributed by atoms with E-state index in [1.54, 1.807) is 14.0 Å². The molecule has 0 amide bonds. The number of rotatable bonds is 5. The highest BCUT2D eigenvalue weighted by atomic mass is 16.1. The lowest BCUT2D eigenvalue weighted by Crippen LogP contribution is -2.12. The van der Waals surface area contributed by atoms with Gasteiger partial charge in [0, 0.05) is 13.3 Å². The first-order valence-electron chi connectivity index (χ1n) is 4.03. The maximum absolute atomic E-state index is 11.3. The van der Waals surface area contributed by atoms with Gasteiger partial charge in [0.25, 0.3) is 0 Å². The van der Waals surface area contributed by atoms with E-state index in [0.29, 0.717) is 5.82 Å². The molecule has 0 aliphatic carbocycles. The van der Waals surface area contributed by atoms with Crippen LogP contribution in [-0.4, -0.2) is 25.4 Å². The van der Waals surface area contributed by atoms with Gasteiger partial charge in [-0.05, 0) is 13.0 Å². The third-order valence-electron chi connectivity index (χ3n) is 1.34. The average Bonchev–Trinajstić information content (AvgIpc) is 2.22. The van der Waals surface area contributed by atoms with E-state index in [2.05, 4.69) is 21.9 Å². The Hall–Kier alpha value is -1.91. The van der Waals surface area contributed by atoms with Gasteiger partial charge in [-0.15, -0.1) is 0 Å². The summed E-state index contributed by atoms with van der Waals surface area (Å²) >= 11 is 0. The molecule has 0 fully saturated rings. The molecular weight excluding hydrogens is 180 g/mol. The summed E-state index contributed by atoms with van der Waals surface area (Å²) in [5.74, 6) is 0.00792. The fourth-order valence-electron chi connectivity index (χ4n) is 0.786. The van der Waals surface area contributed by atoms with Gasteiger partial charge in [-0.25, -0.2) is 4.99 Å². The van der Waals surface area contributed by atoms with Crippen molar-refractivity contribution in [1.29, 1.82) is 0 Å². The van der Waals surface area contributed by atoms with Crippen LogP contribution in [0.25, 0.3) is 0 Å². The molecule has 0 aromatic carbocycles. The van der Waals surface area contributed by atoms with E-state index in [-0.39, 0.29) is 11.5 Å². The number of nitrogens with one attached hydrogen (secondary N) is 1. The van der Waals surface area contributed by atoms with Crippen molar-refractivity contribution in [2.45, 2.75) is 6.92 Å². The number of nitrogens with two attached hydrogens (primary N) is 1. The van der Waals surface area contributed by atoms with Crippen molar-refractivity contribution in [3.8, 4) is 0 Å². The SMILES string of the molecule is C=CC(=O)/C(N=CC)=C(\N=C\N)NC. The second-order valence-corrected chi connectivity index (χ2v) is 2.18. The molecule has 0 spiro atoms. The summed E-state index contributed by atoms with van der Waals surface area (Å²) < 4.78 is 0. The molecule has 0 unspecified atom stereocenters. The molecule has 0 bridgehead atoms. The average molecular weight is 194 g/mol. The van der Waals surface area contributed by atoms with Gasteiger partial charge >= 0.3 is 0 Å². The molecule has 0 radical (unpaired) electrons. The molecule has 0 heterocycles. The van der Waals surface area contributed by atoms with Crippen molar-refractivity contribution in [2.24, 2.45) is 15.7 Å². The fourth-order valence-corrected chi connectivity index (χ4v) is 0.786. The molecule has 0 aliphatic rings. The largest absolute Gasteiger partial charge is 0.390 e. The van der Waals surface area contributed by atoms with Gasteiger partial charge in [0.15, 0.2) is 11.5 Å². The summed E-state index contributed by atoms with van der Waals surface area (Å²) in [5.41, 5.74) is 5.31. The van der Waals surface area contributed by atoms with Gasteiger partial charge in [-0.1, -0.05) is 6.58 Å². The van der Waals surface area contributed by atoms with Crippen LogP contribution in [-0.2, 0) is 4.79 Å². The van der Waals surface area contributed by atoms with Crippen molar-refractivity contribution in [2.75, 3.05) is 7.05 Å². The van der Waals surface area contributed by atoms with E-state index < -0.39 is 0 Å². The monoisotopic (exact) mass is 194 g/mol. The van der Waals surface area contributed by atoms with E-state index in [1.807, 2.05) is 0 Å². The third kappa shape index (κ3) is 3.22. The number of nitrogens with zero attached hydrogens (tertiary/aromatic N) is 2. The van der Waals surface area contributed by atoms with E-state index in [9.17, 15) is 4.79 Å². The predicted molar refractivity (Wildman–Crippen MR) is 58.1 cm³/mol. The minimum Gasteiger partial charge on any atom is -0.390 e. The van der Waals surface area contributed by atoms with E-state index >= 15 is 0 Å². The van der Waals surface area contributed by atoms with Crippen LogP contribution < -0.4 is 11.1 Å². The van der Waals surface area contributed by atoms with Crippen LogP contribution in [0, 0.1) is 0 Å². The zero-order chi connectivity index (χ0) is 11.0. The maximum atomic E-state index is 11.3. The maximum Gasteiger partial charge on any atom is 0.207 e. The summed E-state index contributed by atoms with van der Waals surface area (Å²) in [7, 11) is 1.63. The number of carbonyl (C=O) groups is 1.